The summed E-state index contributed by atoms with van der Waals surface area (Å²) in [5, 5.41) is 11.8. The summed E-state index contributed by atoms with van der Waals surface area (Å²) in [6, 6.07) is 4.24. The van der Waals surface area contributed by atoms with E-state index in [1.54, 1.807) is 13.0 Å². The van der Waals surface area contributed by atoms with E-state index in [0.717, 1.165) is 24.7 Å². The van der Waals surface area contributed by atoms with Crippen LogP contribution in [0.1, 0.15) is 36.0 Å². The van der Waals surface area contributed by atoms with Crippen molar-refractivity contribution in [2.75, 3.05) is 19.6 Å². The van der Waals surface area contributed by atoms with E-state index in [1.165, 1.54) is 16.4 Å². The Bertz CT molecular complexity index is 925. The Morgan fingerprint density at radius 2 is 1.93 bits per heavy atom. The molecule has 0 saturated carbocycles. The molecule has 2 aromatic rings. The van der Waals surface area contributed by atoms with Gasteiger partial charge in [0.2, 0.25) is 10.0 Å². The molecule has 1 aromatic carbocycles. The van der Waals surface area contributed by atoms with Gasteiger partial charge in [0.25, 0.3) is 0 Å². The molecule has 4 rings (SSSR count). The topological polar surface area (TPSA) is 80.1 Å². The lowest BCUT2D eigenvalue weighted by Gasteiger charge is -2.31. The zero-order valence-corrected chi connectivity index (χ0v) is 16.7. The number of rotatable bonds is 3. The van der Waals surface area contributed by atoms with Gasteiger partial charge in [-0.25, -0.2) is 12.8 Å². The second-order valence-electron chi connectivity index (χ2n) is 6.92. The fraction of sp³-hybridized carbons (Fsp3) is 0.529. The van der Waals surface area contributed by atoms with Gasteiger partial charge in [0.05, 0.1) is 6.54 Å². The number of fused-ring (bicyclic) bond motifs is 1. The van der Waals surface area contributed by atoms with E-state index in [4.69, 9.17) is 0 Å². The lowest BCUT2D eigenvalue weighted by atomic mass is 9.97. The molecule has 2 aliphatic heterocycles. The number of benzene rings is 1. The molecule has 1 N–H and O–H groups in total. The van der Waals surface area contributed by atoms with Crippen molar-refractivity contribution >= 4 is 22.4 Å². The minimum atomic E-state index is -3.81. The number of hydrogen-bond acceptors (Lipinski definition) is 5. The lowest BCUT2D eigenvalue weighted by molar-refractivity contribution is 0.306. The van der Waals surface area contributed by atoms with Crippen LogP contribution in [0.2, 0.25) is 0 Å². The van der Waals surface area contributed by atoms with Gasteiger partial charge in [-0.05, 0) is 37.5 Å². The van der Waals surface area contributed by atoms with Gasteiger partial charge in [-0.1, -0.05) is 6.07 Å². The monoisotopic (exact) mass is 415 g/mol. The Labute approximate surface area is 164 Å². The first-order valence-corrected chi connectivity index (χ1v) is 10.3. The third kappa shape index (κ3) is 3.73. The van der Waals surface area contributed by atoms with Gasteiger partial charge in [-0.15, -0.1) is 22.6 Å². The van der Waals surface area contributed by atoms with Crippen LogP contribution >= 0.6 is 12.4 Å². The van der Waals surface area contributed by atoms with Gasteiger partial charge in [0.15, 0.2) is 0 Å². The summed E-state index contributed by atoms with van der Waals surface area (Å²) in [6.07, 6.45) is 1.33. The molecule has 0 amide bonds. The van der Waals surface area contributed by atoms with Crippen molar-refractivity contribution in [3.05, 3.63) is 41.2 Å². The van der Waals surface area contributed by atoms with E-state index in [2.05, 4.69) is 20.1 Å². The zero-order chi connectivity index (χ0) is 18.3. The Kier molecular flexibility index (Phi) is 5.85. The van der Waals surface area contributed by atoms with Crippen molar-refractivity contribution in [2.24, 2.45) is 0 Å². The number of piperidine rings is 1. The summed E-state index contributed by atoms with van der Waals surface area (Å²) in [7, 11) is -3.81. The normalized spacial score (nSPS) is 18.7. The smallest absolute Gasteiger partial charge is 0.245 e. The molecular weight excluding hydrogens is 393 g/mol. The minimum Gasteiger partial charge on any atom is -0.312 e. The van der Waals surface area contributed by atoms with Gasteiger partial charge < -0.3 is 9.88 Å². The summed E-state index contributed by atoms with van der Waals surface area (Å²) in [5.74, 6) is 1.37. The summed E-state index contributed by atoms with van der Waals surface area (Å²) in [4.78, 5) is -0.243. The fourth-order valence-corrected chi connectivity index (χ4v) is 5.24. The van der Waals surface area contributed by atoms with Crippen molar-refractivity contribution in [3.63, 3.8) is 0 Å². The van der Waals surface area contributed by atoms with Crippen molar-refractivity contribution in [2.45, 2.75) is 43.7 Å². The largest absolute Gasteiger partial charge is 0.312 e. The zero-order valence-electron chi connectivity index (χ0n) is 15.1. The van der Waals surface area contributed by atoms with Gasteiger partial charge in [-0.3, -0.25) is 0 Å². The van der Waals surface area contributed by atoms with Crippen LogP contribution in [0.15, 0.2) is 23.1 Å². The quantitative estimate of drug-likeness (QED) is 0.827. The number of aromatic nitrogens is 3. The van der Waals surface area contributed by atoms with Gasteiger partial charge >= 0.3 is 0 Å². The van der Waals surface area contributed by atoms with E-state index in [0.29, 0.717) is 38.0 Å². The molecule has 1 fully saturated rings. The lowest BCUT2D eigenvalue weighted by Crippen LogP contribution is -2.39. The van der Waals surface area contributed by atoms with E-state index in [1.807, 2.05) is 0 Å². The molecule has 0 atom stereocenters. The Morgan fingerprint density at radius 3 is 2.63 bits per heavy atom. The molecule has 2 aliphatic rings. The van der Waals surface area contributed by atoms with Crippen LogP contribution in [0.4, 0.5) is 4.39 Å². The molecule has 27 heavy (non-hydrogen) atoms. The molecule has 10 heteroatoms. The number of aryl methyl sites for hydroxylation is 1. The number of nitrogens with zero attached hydrogens (tertiary/aromatic N) is 4. The van der Waals surface area contributed by atoms with E-state index >= 15 is 0 Å². The van der Waals surface area contributed by atoms with Crippen molar-refractivity contribution < 1.29 is 12.8 Å². The third-order valence-corrected chi connectivity index (χ3v) is 7.11. The minimum absolute atomic E-state index is 0. The summed E-state index contributed by atoms with van der Waals surface area (Å²) >= 11 is 0. The number of sulfonamides is 1. The second kappa shape index (κ2) is 7.83. The molecule has 0 spiro atoms. The molecule has 3 heterocycles. The maximum Gasteiger partial charge on any atom is 0.245 e. The van der Waals surface area contributed by atoms with Crippen LogP contribution in [-0.2, 0) is 23.1 Å². The molecule has 0 unspecified atom stereocenters. The second-order valence-corrected chi connectivity index (χ2v) is 8.82. The van der Waals surface area contributed by atoms with Crippen LogP contribution in [0.25, 0.3) is 0 Å². The number of hydrogen-bond donors (Lipinski definition) is 1. The van der Waals surface area contributed by atoms with E-state index in [9.17, 15) is 12.8 Å². The average molecular weight is 416 g/mol. The number of nitrogens with one attached hydrogen (secondary N) is 1. The first-order valence-electron chi connectivity index (χ1n) is 8.86. The maximum absolute atomic E-state index is 14.2. The Hall–Kier alpha value is -1.55. The molecular formula is C17H23ClFN5O2S. The predicted molar refractivity (Wildman–Crippen MR) is 101 cm³/mol. The van der Waals surface area contributed by atoms with Gasteiger partial charge in [0.1, 0.15) is 22.4 Å². The molecule has 7 nitrogen and oxygen atoms in total. The summed E-state index contributed by atoms with van der Waals surface area (Å²) < 4.78 is 43.3. The maximum atomic E-state index is 14.2. The van der Waals surface area contributed by atoms with E-state index in [-0.39, 0.29) is 23.2 Å². The van der Waals surface area contributed by atoms with E-state index < -0.39 is 15.8 Å². The van der Waals surface area contributed by atoms with Crippen LogP contribution in [0.5, 0.6) is 0 Å². The summed E-state index contributed by atoms with van der Waals surface area (Å²) in [6.45, 7) is 4.90. The molecule has 1 aromatic heterocycles. The molecule has 1 saturated heterocycles. The molecule has 148 valence electrons. The van der Waals surface area contributed by atoms with Crippen LogP contribution < -0.4 is 5.32 Å². The van der Waals surface area contributed by atoms with Crippen LogP contribution in [0.3, 0.4) is 0 Å². The van der Waals surface area contributed by atoms with Crippen molar-refractivity contribution in [3.8, 4) is 0 Å². The standard InChI is InChI=1S/C17H22FN5O2S.ClH/c1-12-2-3-15(14(18)10-12)26(24,25)22-7-4-13(5-8-22)17-21-20-16-11-19-6-9-23(16)17;/h2-3,10,13,19H,4-9,11H2,1H3;1H. The van der Waals surface area contributed by atoms with Crippen LogP contribution in [-0.4, -0.2) is 47.1 Å². The van der Waals surface area contributed by atoms with Crippen LogP contribution in [0, 0.1) is 12.7 Å². The highest BCUT2D eigenvalue weighted by atomic mass is 35.5. The summed E-state index contributed by atoms with van der Waals surface area (Å²) in [5.41, 5.74) is 0.700. The van der Waals surface area contributed by atoms with Crippen molar-refractivity contribution in [1.82, 2.24) is 24.4 Å². The van der Waals surface area contributed by atoms with Gasteiger partial charge in [-0.2, -0.15) is 4.31 Å². The van der Waals surface area contributed by atoms with Crippen molar-refractivity contribution in [1.29, 1.82) is 0 Å². The number of halogens is 2. The average Bonchev–Trinajstić information content (AvgIpc) is 3.05. The third-order valence-electron chi connectivity index (χ3n) is 5.18. The Morgan fingerprint density at radius 1 is 1.19 bits per heavy atom. The fourth-order valence-electron chi connectivity index (χ4n) is 3.73. The SMILES string of the molecule is Cc1ccc(S(=O)(=O)N2CCC(c3nnc4n3CCNC4)CC2)c(F)c1.Cl. The molecule has 0 aliphatic carbocycles. The highest BCUT2D eigenvalue weighted by Gasteiger charge is 2.33. The molecule has 0 radical (unpaired) electrons. The first-order chi connectivity index (χ1) is 12.5. The predicted octanol–water partition coefficient (Wildman–Crippen LogP) is 1.82. The first kappa shape index (κ1) is 20.2. The van der Waals surface area contributed by atoms with Gasteiger partial charge in [0, 0.05) is 32.1 Å². The highest BCUT2D eigenvalue weighted by molar-refractivity contribution is 7.89. The Balaban J connectivity index is 0.00000210. The molecule has 0 bridgehead atoms. The highest BCUT2D eigenvalue weighted by Crippen LogP contribution is 2.31.